The van der Waals surface area contributed by atoms with Crippen LogP contribution in [0.1, 0.15) is 39.7 Å². The Balaban J connectivity index is 2.39. The second-order valence-corrected chi connectivity index (χ2v) is 6.08. The van der Waals surface area contributed by atoms with Gasteiger partial charge < -0.3 is 15.2 Å². The molecule has 0 amide bonds. The number of rotatable bonds is 8. The second-order valence-electron chi connectivity index (χ2n) is 6.08. The molecule has 0 heterocycles. The Morgan fingerprint density at radius 1 is 1.32 bits per heavy atom. The lowest BCUT2D eigenvalue weighted by atomic mass is 10.1. The van der Waals surface area contributed by atoms with Crippen molar-refractivity contribution in [2.45, 2.75) is 46.3 Å². The zero-order chi connectivity index (χ0) is 14.3. The highest BCUT2D eigenvalue weighted by atomic mass is 16.5. The summed E-state index contributed by atoms with van der Waals surface area (Å²) in [4.78, 5) is 0. The third kappa shape index (κ3) is 7.85. The van der Waals surface area contributed by atoms with Gasteiger partial charge in [-0.05, 0) is 44.0 Å². The maximum Gasteiger partial charge on any atom is 0.119 e. The van der Waals surface area contributed by atoms with Gasteiger partial charge in [-0.2, -0.15) is 0 Å². The summed E-state index contributed by atoms with van der Waals surface area (Å²) >= 11 is 0. The predicted molar refractivity (Wildman–Crippen MR) is 79.4 cm³/mol. The molecular weight excluding hydrogens is 238 g/mol. The number of nitrogens with one attached hydrogen (secondary N) is 1. The molecule has 1 rings (SSSR count). The van der Waals surface area contributed by atoms with Gasteiger partial charge in [-0.1, -0.05) is 26.0 Å². The van der Waals surface area contributed by atoms with E-state index in [1.807, 2.05) is 12.1 Å². The smallest absolute Gasteiger partial charge is 0.119 e. The Morgan fingerprint density at radius 3 is 2.68 bits per heavy atom. The Kier molecular flexibility index (Phi) is 6.32. The summed E-state index contributed by atoms with van der Waals surface area (Å²) in [6.07, 6.45) is 0.628. The molecule has 0 aliphatic carbocycles. The second kappa shape index (κ2) is 7.51. The van der Waals surface area contributed by atoms with Crippen LogP contribution in [0.15, 0.2) is 24.3 Å². The Hall–Kier alpha value is -1.06. The molecule has 0 aliphatic heterocycles. The van der Waals surface area contributed by atoms with Crippen LogP contribution < -0.4 is 10.1 Å². The van der Waals surface area contributed by atoms with Crippen molar-refractivity contribution in [2.75, 3.05) is 13.2 Å². The summed E-state index contributed by atoms with van der Waals surface area (Å²) in [6, 6.07) is 8.11. The van der Waals surface area contributed by atoms with E-state index in [9.17, 15) is 5.11 Å². The molecule has 0 unspecified atom stereocenters. The Bertz CT molecular complexity index is 369. The Labute approximate surface area is 117 Å². The fourth-order valence-electron chi connectivity index (χ4n) is 1.67. The zero-order valence-corrected chi connectivity index (χ0v) is 12.6. The summed E-state index contributed by atoms with van der Waals surface area (Å²) in [5, 5.41) is 13.0. The minimum atomic E-state index is -0.670. The lowest BCUT2D eigenvalue weighted by Crippen LogP contribution is -2.22. The summed E-state index contributed by atoms with van der Waals surface area (Å²) < 4.78 is 5.66. The number of hydrogen-bond donors (Lipinski definition) is 2. The minimum absolute atomic E-state index is 0.534. The first-order valence-corrected chi connectivity index (χ1v) is 7.01. The maximum absolute atomic E-state index is 9.63. The molecule has 0 aliphatic rings. The molecule has 0 aromatic heterocycles. The summed E-state index contributed by atoms with van der Waals surface area (Å²) in [5.74, 6) is 1.53. The highest BCUT2D eigenvalue weighted by Gasteiger charge is 2.12. The zero-order valence-electron chi connectivity index (χ0n) is 12.6. The standard InChI is InChI=1S/C16H27NO2/c1-13(2)11-17-12-14-6-5-7-15(10-14)19-9-8-16(3,4)18/h5-7,10,13,17-18H,8-9,11-12H2,1-4H3. The molecule has 3 nitrogen and oxygen atoms in total. The number of benzene rings is 1. The van der Waals surface area contributed by atoms with Crippen LogP contribution in [0, 0.1) is 5.92 Å². The maximum atomic E-state index is 9.63. The van der Waals surface area contributed by atoms with Gasteiger partial charge in [-0.15, -0.1) is 0 Å². The van der Waals surface area contributed by atoms with E-state index in [1.165, 1.54) is 5.56 Å². The SMILES string of the molecule is CC(C)CNCc1cccc(OCCC(C)(C)O)c1. The molecule has 108 valence electrons. The molecule has 0 bridgehead atoms. The van der Waals surface area contributed by atoms with E-state index in [2.05, 4.69) is 31.3 Å². The van der Waals surface area contributed by atoms with Crippen LogP contribution in [0.5, 0.6) is 5.75 Å². The third-order valence-corrected chi connectivity index (χ3v) is 2.76. The molecular formula is C16H27NO2. The van der Waals surface area contributed by atoms with Crippen molar-refractivity contribution >= 4 is 0 Å². The van der Waals surface area contributed by atoms with Gasteiger partial charge in [0.15, 0.2) is 0 Å². The lowest BCUT2D eigenvalue weighted by Gasteiger charge is -2.17. The van der Waals surface area contributed by atoms with Crippen molar-refractivity contribution in [3.63, 3.8) is 0 Å². The first-order chi connectivity index (χ1) is 8.87. The topological polar surface area (TPSA) is 41.5 Å². The van der Waals surface area contributed by atoms with E-state index >= 15 is 0 Å². The Morgan fingerprint density at radius 2 is 2.05 bits per heavy atom. The molecule has 1 aromatic carbocycles. The molecule has 0 spiro atoms. The average molecular weight is 265 g/mol. The van der Waals surface area contributed by atoms with Crippen LogP contribution in [-0.4, -0.2) is 23.9 Å². The van der Waals surface area contributed by atoms with Crippen LogP contribution in [0.2, 0.25) is 0 Å². The van der Waals surface area contributed by atoms with E-state index < -0.39 is 5.60 Å². The minimum Gasteiger partial charge on any atom is -0.493 e. The van der Waals surface area contributed by atoms with Crippen LogP contribution in [0.3, 0.4) is 0 Å². The number of hydrogen-bond acceptors (Lipinski definition) is 3. The largest absolute Gasteiger partial charge is 0.493 e. The van der Waals surface area contributed by atoms with Crippen LogP contribution >= 0.6 is 0 Å². The van der Waals surface area contributed by atoms with Crippen LogP contribution in [-0.2, 0) is 6.54 Å². The molecule has 0 radical (unpaired) electrons. The van der Waals surface area contributed by atoms with Crippen molar-refractivity contribution in [3.8, 4) is 5.75 Å². The van der Waals surface area contributed by atoms with E-state index in [1.54, 1.807) is 13.8 Å². The van der Waals surface area contributed by atoms with Gasteiger partial charge in [-0.3, -0.25) is 0 Å². The van der Waals surface area contributed by atoms with E-state index in [0.29, 0.717) is 18.9 Å². The van der Waals surface area contributed by atoms with Gasteiger partial charge in [0.25, 0.3) is 0 Å². The normalized spacial score (nSPS) is 11.9. The van der Waals surface area contributed by atoms with Gasteiger partial charge in [0.1, 0.15) is 5.75 Å². The fraction of sp³-hybridized carbons (Fsp3) is 0.625. The molecule has 0 saturated carbocycles. The van der Waals surface area contributed by atoms with Gasteiger partial charge >= 0.3 is 0 Å². The van der Waals surface area contributed by atoms with E-state index in [4.69, 9.17) is 4.74 Å². The van der Waals surface area contributed by atoms with Crippen molar-refractivity contribution in [1.29, 1.82) is 0 Å². The molecule has 0 saturated heterocycles. The van der Waals surface area contributed by atoms with Gasteiger partial charge in [0.05, 0.1) is 12.2 Å². The molecule has 1 aromatic rings. The average Bonchev–Trinajstić information content (AvgIpc) is 2.27. The van der Waals surface area contributed by atoms with Crippen LogP contribution in [0.4, 0.5) is 0 Å². The van der Waals surface area contributed by atoms with Gasteiger partial charge in [0.2, 0.25) is 0 Å². The third-order valence-electron chi connectivity index (χ3n) is 2.76. The fourth-order valence-corrected chi connectivity index (χ4v) is 1.67. The van der Waals surface area contributed by atoms with E-state index in [-0.39, 0.29) is 0 Å². The van der Waals surface area contributed by atoms with E-state index in [0.717, 1.165) is 18.8 Å². The van der Waals surface area contributed by atoms with Crippen molar-refractivity contribution in [1.82, 2.24) is 5.32 Å². The summed E-state index contributed by atoms with van der Waals surface area (Å²) in [6.45, 7) is 10.4. The molecule has 2 N–H and O–H groups in total. The lowest BCUT2D eigenvalue weighted by molar-refractivity contribution is 0.0553. The molecule has 0 atom stereocenters. The van der Waals surface area contributed by atoms with Crippen molar-refractivity contribution in [3.05, 3.63) is 29.8 Å². The predicted octanol–water partition coefficient (Wildman–Crippen LogP) is 2.97. The molecule has 19 heavy (non-hydrogen) atoms. The quantitative estimate of drug-likeness (QED) is 0.759. The first kappa shape index (κ1) is 16.0. The monoisotopic (exact) mass is 265 g/mol. The highest BCUT2D eigenvalue weighted by Crippen LogP contribution is 2.15. The number of ether oxygens (including phenoxy) is 1. The molecule has 0 fully saturated rings. The van der Waals surface area contributed by atoms with Crippen LogP contribution in [0.25, 0.3) is 0 Å². The summed E-state index contributed by atoms with van der Waals surface area (Å²) in [5.41, 5.74) is 0.553. The van der Waals surface area contributed by atoms with Crippen molar-refractivity contribution < 1.29 is 9.84 Å². The van der Waals surface area contributed by atoms with Gasteiger partial charge in [-0.25, -0.2) is 0 Å². The number of aliphatic hydroxyl groups is 1. The summed E-state index contributed by atoms with van der Waals surface area (Å²) in [7, 11) is 0. The van der Waals surface area contributed by atoms with Crippen molar-refractivity contribution in [2.24, 2.45) is 5.92 Å². The first-order valence-electron chi connectivity index (χ1n) is 7.01. The van der Waals surface area contributed by atoms with Gasteiger partial charge in [0, 0.05) is 13.0 Å². The highest BCUT2D eigenvalue weighted by molar-refractivity contribution is 5.28. The molecule has 3 heteroatoms.